The second-order valence-electron chi connectivity index (χ2n) is 5.81. The minimum Gasteiger partial charge on any atom is -0.263 e. The molecule has 16 heavy (non-hydrogen) atoms. The molecule has 0 N–H and O–H groups in total. The lowest BCUT2D eigenvalue weighted by atomic mass is 9.86. The fourth-order valence-electron chi connectivity index (χ4n) is 2.59. The van der Waals surface area contributed by atoms with E-state index in [1.54, 1.807) is 0 Å². The molecule has 0 saturated heterocycles. The Morgan fingerprint density at radius 2 is 1.88 bits per heavy atom. The van der Waals surface area contributed by atoms with Crippen LogP contribution in [0.5, 0.6) is 0 Å². The Kier molecular flexibility index (Phi) is 3.43. The summed E-state index contributed by atoms with van der Waals surface area (Å²) in [4.78, 5) is 0. The highest BCUT2D eigenvalue weighted by atomic mass is 79.9. The molecule has 0 aliphatic heterocycles. The lowest BCUT2D eigenvalue weighted by molar-refractivity contribution is 0.318. The minimum absolute atomic E-state index is 0.0821. The third-order valence-corrected chi connectivity index (χ3v) is 3.75. The molecule has 1 heterocycles. The van der Waals surface area contributed by atoms with E-state index in [1.807, 2.05) is 0 Å². The largest absolute Gasteiger partial charge is 0.263 e. The highest BCUT2D eigenvalue weighted by molar-refractivity contribution is 9.10. The van der Waals surface area contributed by atoms with Crippen LogP contribution in [-0.2, 0) is 5.54 Å². The molecule has 0 radical (unpaired) electrons. The Morgan fingerprint density at radius 1 is 1.25 bits per heavy atom. The van der Waals surface area contributed by atoms with E-state index in [1.165, 1.54) is 37.8 Å². The van der Waals surface area contributed by atoms with E-state index in [4.69, 9.17) is 0 Å². The number of nitrogens with zero attached hydrogens (tertiary/aromatic N) is 2. The van der Waals surface area contributed by atoms with Gasteiger partial charge in [-0.2, -0.15) is 5.10 Å². The standard InChI is InChI=1S/C13H21BrN2/c1-13(2,3)16-11(9-12(14)15-16)10-7-5-4-6-8-10/h9-10H,4-8H2,1-3H3. The predicted molar refractivity (Wildman–Crippen MR) is 70.7 cm³/mol. The Morgan fingerprint density at radius 3 is 2.44 bits per heavy atom. The van der Waals surface area contributed by atoms with Crippen LogP contribution < -0.4 is 0 Å². The fraction of sp³-hybridized carbons (Fsp3) is 0.769. The van der Waals surface area contributed by atoms with Gasteiger partial charge in [0.2, 0.25) is 0 Å². The van der Waals surface area contributed by atoms with Gasteiger partial charge in [0.25, 0.3) is 0 Å². The van der Waals surface area contributed by atoms with Gasteiger partial charge in [0.05, 0.1) is 5.54 Å². The van der Waals surface area contributed by atoms with Crippen LogP contribution >= 0.6 is 15.9 Å². The zero-order valence-corrected chi connectivity index (χ0v) is 12.0. The summed E-state index contributed by atoms with van der Waals surface area (Å²) in [7, 11) is 0. The summed E-state index contributed by atoms with van der Waals surface area (Å²) in [5.74, 6) is 0.715. The molecular weight excluding hydrogens is 264 g/mol. The number of rotatable bonds is 1. The van der Waals surface area contributed by atoms with Crippen LogP contribution in [0.2, 0.25) is 0 Å². The molecule has 1 fully saturated rings. The van der Waals surface area contributed by atoms with E-state index in [-0.39, 0.29) is 5.54 Å². The van der Waals surface area contributed by atoms with E-state index >= 15 is 0 Å². The number of hydrogen-bond acceptors (Lipinski definition) is 1. The van der Waals surface area contributed by atoms with Gasteiger partial charge >= 0.3 is 0 Å². The molecule has 0 atom stereocenters. The summed E-state index contributed by atoms with van der Waals surface area (Å²) in [6, 6.07) is 2.21. The summed E-state index contributed by atoms with van der Waals surface area (Å²) in [6.07, 6.45) is 6.80. The van der Waals surface area contributed by atoms with Gasteiger partial charge in [0.1, 0.15) is 4.60 Å². The van der Waals surface area contributed by atoms with Gasteiger partial charge < -0.3 is 0 Å². The zero-order chi connectivity index (χ0) is 11.8. The molecule has 0 amide bonds. The maximum atomic E-state index is 4.59. The smallest absolute Gasteiger partial charge is 0.128 e. The average molecular weight is 285 g/mol. The molecule has 0 aromatic carbocycles. The van der Waals surface area contributed by atoms with Crippen LogP contribution in [0.25, 0.3) is 0 Å². The lowest BCUT2D eigenvalue weighted by Crippen LogP contribution is -2.27. The normalized spacial score (nSPS) is 19.0. The Bertz CT molecular complexity index is 356. The van der Waals surface area contributed by atoms with E-state index in [0.717, 1.165) is 4.60 Å². The highest BCUT2D eigenvalue weighted by Gasteiger charge is 2.25. The van der Waals surface area contributed by atoms with Crippen LogP contribution in [-0.4, -0.2) is 9.78 Å². The SMILES string of the molecule is CC(C)(C)n1nc(Br)cc1C1CCCCC1. The number of hydrogen-bond donors (Lipinski definition) is 0. The third kappa shape index (κ3) is 2.50. The molecule has 1 saturated carbocycles. The van der Waals surface area contributed by atoms with Crippen LogP contribution in [0.15, 0.2) is 10.7 Å². The van der Waals surface area contributed by atoms with Gasteiger partial charge in [0, 0.05) is 11.6 Å². The molecule has 90 valence electrons. The quantitative estimate of drug-likeness (QED) is 0.745. The molecule has 3 heteroatoms. The van der Waals surface area contributed by atoms with Crippen LogP contribution in [0.1, 0.15) is 64.5 Å². The number of aromatic nitrogens is 2. The molecule has 1 aromatic heterocycles. The molecule has 0 bridgehead atoms. The first-order chi connectivity index (χ1) is 7.48. The molecule has 2 rings (SSSR count). The minimum atomic E-state index is 0.0821. The molecule has 0 unspecified atom stereocenters. The molecule has 2 nitrogen and oxygen atoms in total. The summed E-state index contributed by atoms with van der Waals surface area (Å²) in [5, 5.41) is 4.59. The van der Waals surface area contributed by atoms with E-state index in [2.05, 4.69) is 52.5 Å². The summed E-state index contributed by atoms with van der Waals surface area (Å²) in [5.41, 5.74) is 1.50. The second-order valence-corrected chi connectivity index (χ2v) is 6.62. The van der Waals surface area contributed by atoms with Gasteiger partial charge in [-0.15, -0.1) is 0 Å². The van der Waals surface area contributed by atoms with Crippen molar-refractivity contribution in [1.82, 2.24) is 9.78 Å². The first kappa shape index (κ1) is 12.2. The average Bonchev–Trinajstić information content (AvgIpc) is 2.61. The number of halogens is 1. The van der Waals surface area contributed by atoms with Crippen LogP contribution in [0.4, 0.5) is 0 Å². The first-order valence-corrected chi connectivity index (χ1v) is 7.04. The van der Waals surface area contributed by atoms with Crippen molar-refractivity contribution in [3.63, 3.8) is 0 Å². The van der Waals surface area contributed by atoms with Crippen LogP contribution in [0, 0.1) is 0 Å². The van der Waals surface area contributed by atoms with Crippen molar-refractivity contribution in [2.24, 2.45) is 0 Å². The third-order valence-electron chi connectivity index (χ3n) is 3.37. The second kappa shape index (κ2) is 4.52. The topological polar surface area (TPSA) is 17.8 Å². The molecule has 1 aliphatic rings. The van der Waals surface area contributed by atoms with Gasteiger partial charge in [-0.05, 0) is 55.6 Å². The monoisotopic (exact) mass is 284 g/mol. The summed E-state index contributed by atoms with van der Waals surface area (Å²) in [6.45, 7) is 6.66. The summed E-state index contributed by atoms with van der Waals surface area (Å²) < 4.78 is 3.18. The van der Waals surface area contributed by atoms with Crippen molar-refractivity contribution < 1.29 is 0 Å². The maximum absolute atomic E-state index is 4.59. The van der Waals surface area contributed by atoms with Gasteiger partial charge in [-0.3, -0.25) is 4.68 Å². The first-order valence-electron chi connectivity index (χ1n) is 6.24. The van der Waals surface area contributed by atoms with Gasteiger partial charge in [-0.25, -0.2) is 0 Å². The molecule has 1 aromatic rings. The van der Waals surface area contributed by atoms with Crippen molar-refractivity contribution in [1.29, 1.82) is 0 Å². The lowest BCUT2D eigenvalue weighted by Gasteiger charge is -2.28. The van der Waals surface area contributed by atoms with Gasteiger partial charge in [0.15, 0.2) is 0 Å². The zero-order valence-electron chi connectivity index (χ0n) is 10.5. The molecular formula is C13H21BrN2. The Balaban J connectivity index is 2.31. The molecule has 0 spiro atoms. The Hall–Kier alpha value is -0.310. The van der Waals surface area contributed by atoms with E-state index < -0.39 is 0 Å². The fourth-order valence-corrected chi connectivity index (χ4v) is 2.98. The van der Waals surface area contributed by atoms with Crippen molar-refractivity contribution >= 4 is 15.9 Å². The predicted octanol–water partition coefficient (Wildman–Crippen LogP) is 4.45. The highest BCUT2D eigenvalue weighted by Crippen LogP contribution is 2.35. The van der Waals surface area contributed by atoms with E-state index in [9.17, 15) is 0 Å². The Labute approximate surface area is 107 Å². The van der Waals surface area contributed by atoms with Crippen molar-refractivity contribution in [3.8, 4) is 0 Å². The molecule has 1 aliphatic carbocycles. The van der Waals surface area contributed by atoms with E-state index in [0.29, 0.717) is 5.92 Å². The summed E-state index contributed by atoms with van der Waals surface area (Å²) >= 11 is 3.51. The van der Waals surface area contributed by atoms with Gasteiger partial charge in [-0.1, -0.05) is 19.3 Å². The maximum Gasteiger partial charge on any atom is 0.128 e. The van der Waals surface area contributed by atoms with Crippen LogP contribution in [0.3, 0.4) is 0 Å². The van der Waals surface area contributed by atoms with Crippen molar-refractivity contribution in [2.75, 3.05) is 0 Å². The van der Waals surface area contributed by atoms with Crippen molar-refractivity contribution in [2.45, 2.75) is 64.3 Å². The van der Waals surface area contributed by atoms with Crippen molar-refractivity contribution in [3.05, 3.63) is 16.4 Å².